The first kappa shape index (κ1) is 14.9. The van der Waals surface area contributed by atoms with Crippen LogP contribution in [0.25, 0.3) is 0 Å². The molecule has 0 aliphatic carbocycles. The Morgan fingerprint density at radius 3 is 2.10 bits per heavy atom. The van der Waals surface area contributed by atoms with Crippen LogP contribution in [0.1, 0.15) is 37.8 Å². The lowest BCUT2D eigenvalue weighted by atomic mass is 9.95. The van der Waals surface area contributed by atoms with Gasteiger partial charge >= 0.3 is 0 Å². The summed E-state index contributed by atoms with van der Waals surface area (Å²) in [5.74, 6) is 1.03. The van der Waals surface area contributed by atoms with E-state index in [0.29, 0.717) is 11.8 Å². The van der Waals surface area contributed by atoms with Crippen LogP contribution in [0.2, 0.25) is 0 Å². The highest BCUT2D eigenvalue weighted by Gasteiger charge is 2.09. The van der Waals surface area contributed by atoms with Crippen molar-refractivity contribution in [2.75, 3.05) is 6.26 Å². The van der Waals surface area contributed by atoms with Crippen molar-refractivity contribution < 1.29 is 4.74 Å². The van der Waals surface area contributed by atoms with Crippen LogP contribution in [0.15, 0.2) is 47.5 Å². The van der Waals surface area contributed by atoms with Crippen molar-refractivity contribution in [2.24, 2.45) is 0 Å². The Morgan fingerprint density at radius 2 is 1.60 bits per heavy atom. The van der Waals surface area contributed by atoms with E-state index in [1.807, 2.05) is 26.1 Å². The minimum absolute atomic E-state index is 0.157. The van der Waals surface area contributed by atoms with Crippen molar-refractivity contribution in [1.82, 2.24) is 4.98 Å². The molecule has 0 bridgehead atoms. The lowest BCUT2D eigenvalue weighted by Gasteiger charge is -2.14. The molecule has 0 N–H and O–H groups in total. The van der Waals surface area contributed by atoms with Crippen LogP contribution in [0.4, 0.5) is 0 Å². The van der Waals surface area contributed by atoms with E-state index in [1.165, 1.54) is 16.0 Å². The van der Waals surface area contributed by atoms with E-state index < -0.39 is 0 Å². The molecule has 0 saturated carbocycles. The van der Waals surface area contributed by atoms with E-state index in [0.717, 1.165) is 0 Å². The van der Waals surface area contributed by atoms with Crippen molar-refractivity contribution in [3.05, 3.63) is 53.7 Å². The molecule has 0 saturated heterocycles. The number of nitrogens with zero attached hydrogens (tertiary/aromatic N) is 1. The molecule has 0 aliphatic rings. The Hall–Kier alpha value is -1.48. The third-order valence-electron chi connectivity index (χ3n) is 3.23. The third-order valence-corrected chi connectivity index (χ3v) is 3.98. The molecule has 0 spiro atoms. The Labute approximate surface area is 125 Å². The van der Waals surface area contributed by atoms with Crippen molar-refractivity contribution in [1.29, 1.82) is 0 Å². The highest BCUT2D eigenvalue weighted by molar-refractivity contribution is 7.98. The predicted molar refractivity (Wildman–Crippen MR) is 85.7 cm³/mol. The van der Waals surface area contributed by atoms with E-state index in [4.69, 9.17) is 4.74 Å². The van der Waals surface area contributed by atoms with Crippen LogP contribution in [-0.2, 0) is 0 Å². The standard InChI is InChI=1S/C17H21NOS/c1-12(2)19-17-10-7-15(11-18-17)13(3)14-5-8-16(20-4)9-6-14/h5-13H,1-4H3. The number of thioether (sulfide) groups is 1. The van der Waals surface area contributed by atoms with Gasteiger partial charge in [-0.25, -0.2) is 4.98 Å². The summed E-state index contributed by atoms with van der Waals surface area (Å²) in [5, 5.41) is 0. The molecule has 1 aromatic heterocycles. The molecule has 1 atom stereocenters. The highest BCUT2D eigenvalue weighted by atomic mass is 32.2. The zero-order chi connectivity index (χ0) is 14.5. The lowest BCUT2D eigenvalue weighted by Crippen LogP contribution is -2.07. The minimum atomic E-state index is 0.157. The first-order valence-electron chi connectivity index (χ1n) is 6.86. The summed E-state index contributed by atoms with van der Waals surface area (Å²) in [4.78, 5) is 5.66. The number of benzene rings is 1. The Morgan fingerprint density at radius 1 is 0.950 bits per heavy atom. The molecule has 0 radical (unpaired) electrons. The van der Waals surface area contributed by atoms with Gasteiger partial charge in [-0.05, 0) is 43.4 Å². The van der Waals surface area contributed by atoms with Gasteiger partial charge in [-0.1, -0.05) is 25.1 Å². The van der Waals surface area contributed by atoms with Crippen LogP contribution in [-0.4, -0.2) is 17.3 Å². The number of rotatable bonds is 5. The van der Waals surface area contributed by atoms with Gasteiger partial charge in [0.1, 0.15) is 0 Å². The zero-order valence-electron chi connectivity index (χ0n) is 12.5. The molecule has 0 amide bonds. The van der Waals surface area contributed by atoms with Gasteiger partial charge < -0.3 is 4.74 Å². The van der Waals surface area contributed by atoms with Crippen LogP contribution in [0.5, 0.6) is 5.88 Å². The second-order valence-electron chi connectivity index (χ2n) is 5.09. The fourth-order valence-corrected chi connectivity index (χ4v) is 2.45. The molecule has 2 aromatic rings. The molecular weight excluding hydrogens is 266 g/mol. The average Bonchev–Trinajstić information content (AvgIpc) is 2.47. The molecule has 1 heterocycles. The molecule has 2 rings (SSSR count). The smallest absolute Gasteiger partial charge is 0.213 e. The fourth-order valence-electron chi connectivity index (χ4n) is 2.04. The number of ether oxygens (including phenoxy) is 1. The van der Waals surface area contributed by atoms with Gasteiger partial charge in [-0.3, -0.25) is 0 Å². The van der Waals surface area contributed by atoms with Crippen LogP contribution in [0.3, 0.4) is 0 Å². The normalized spacial score (nSPS) is 12.4. The van der Waals surface area contributed by atoms with Gasteiger partial charge in [0, 0.05) is 23.1 Å². The van der Waals surface area contributed by atoms with E-state index in [9.17, 15) is 0 Å². The van der Waals surface area contributed by atoms with Crippen molar-refractivity contribution in [2.45, 2.75) is 37.7 Å². The third kappa shape index (κ3) is 3.76. The molecule has 3 heteroatoms. The van der Waals surface area contributed by atoms with Gasteiger partial charge in [0.15, 0.2) is 0 Å². The molecule has 1 unspecified atom stereocenters. The van der Waals surface area contributed by atoms with Crippen molar-refractivity contribution in [3.63, 3.8) is 0 Å². The minimum Gasteiger partial charge on any atom is -0.475 e. The maximum absolute atomic E-state index is 5.57. The van der Waals surface area contributed by atoms with Gasteiger partial charge in [-0.15, -0.1) is 11.8 Å². The summed E-state index contributed by atoms with van der Waals surface area (Å²) in [6, 6.07) is 12.8. The number of hydrogen-bond donors (Lipinski definition) is 0. The Balaban J connectivity index is 2.13. The first-order chi connectivity index (χ1) is 9.60. The highest BCUT2D eigenvalue weighted by Crippen LogP contribution is 2.26. The largest absolute Gasteiger partial charge is 0.475 e. The molecule has 106 valence electrons. The molecule has 0 fully saturated rings. The van der Waals surface area contributed by atoms with Gasteiger partial charge in [-0.2, -0.15) is 0 Å². The van der Waals surface area contributed by atoms with Gasteiger partial charge in [0.25, 0.3) is 0 Å². The summed E-state index contributed by atoms with van der Waals surface area (Å²) in [6.07, 6.45) is 4.16. The summed E-state index contributed by atoms with van der Waals surface area (Å²) in [7, 11) is 0. The molecule has 20 heavy (non-hydrogen) atoms. The van der Waals surface area contributed by atoms with E-state index in [1.54, 1.807) is 11.8 Å². The van der Waals surface area contributed by atoms with Crippen LogP contribution < -0.4 is 4.74 Å². The molecule has 0 aliphatic heterocycles. The van der Waals surface area contributed by atoms with Gasteiger partial charge in [0.05, 0.1) is 6.10 Å². The number of pyridine rings is 1. The van der Waals surface area contributed by atoms with Crippen LogP contribution >= 0.6 is 11.8 Å². The molecular formula is C17H21NOS. The average molecular weight is 287 g/mol. The van der Waals surface area contributed by atoms with E-state index in [2.05, 4.69) is 48.5 Å². The predicted octanol–water partition coefficient (Wildman–Crippen LogP) is 4.74. The summed E-state index contributed by atoms with van der Waals surface area (Å²) < 4.78 is 5.57. The quantitative estimate of drug-likeness (QED) is 0.741. The van der Waals surface area contributed by atoms with E-state index >= 15 is 0 Å². The number of hydrogen-bond acceptors (Lipinski definition) is 3. The maximum atomic E-state index is 5.57. The summed E-state index contributed by atoms with van der Waals surface area (Å²) >= 11 is 1.76. The topological polar surface area (TPSA) is 22.1 Å². The number of aromatic nitrogens is 1. The Kier molecular flexibility index (Phi) is 5.07. The lowest BCUT2D eigenvalue weighted by molar-refractivity contribution is 0.232. The summed E-state index contributed by atoms with van der Waals surface area (Å²) in [5.41, 5.74) is 2.51. The molecule has 1 aromatic carbocycles. The molecule has 2 nitrogen and oxygen atoms in total. The van der Waals surface area contributed by atoms with Crippen molar-refractivity contribution >= 4 is 11.8 Å². The monoisotopic (exact) mass is 287 g/mol. The SMILES string of the molecule is CSc1ccc(C(C)c2ccc(OC(C)C)nc2)cc1. The van der Waals surface area contributed by atoms with E-state index in [-0.39, 0.29) is 6.10 Å². The van der Waals surface area contributed by atoms with Crippen LogP contribution in [0, 0.1) is 0 Å². The Bertz CT molecular complexity index is 534. The second kappa shape index (κ2) is 6.80. The second-order valence-corrected chi connectivity index (χ2v) is 5.97. The maximum Gasteiger partial charge on any atom is 0.213 e. The fraction of sp³-hybridized carbons (Fsp3) is 0.353. The zero-order valence-corrected chi connectivity index (χ0v) is 13.3. The summed E-state index contributed by atoms with van der Waals surface area (Å²) in [6.45, 7) is 6.21. The van der Waals surface area contributed by atoms with Crippen molar-refractivity contribution in [3.8, 4) is 5.88 Å². The first-order valence-corrected chi connectivity index (χ1v) is 8.09. The van der Waals surface area contributed by atoms with Gasteiger partial charge in [0.2, 0.25) is 5.88 Å².